The van der Waals surface area contributed by atoms with E-state index in [1.807, 2.05) is 21.6 Å². The van der Waals surface area contributed by atoms with Gasteiger partial charge in [-0.25, -0.2) is 8.78 Å². The van der Waals surface area contributed by atoms with E-state index < -0.39 is 29.2 Å². The Hall–Kier alpha value is -0.820. The van der Waals surface area contributed by atoms with E-state index in [0.717, 1.165) is 25.0 Å². The first-order valence-electron chi connectivity index (χ1n) is 6.50. The summed E-state index contributed by atoms with van der Waals surface area (Å²) in [7, 11) is 3.70. The Morgan fingerprint density at radius 1 is 1.19 bits per heavy atom. The maximum atomic E-state index is 13.2. The van der Waals surface area contributed by atoms with Crippen LogP contribution in [0.2, 0.25) is 0 Å². The lowest BCUT2D eigenvalue weighted by atomic mass is 10.1. The minimum Gasteiger partial charge on any atom is -0.420 e. The lowest BCUT2D eigenvalue weighted by Crippen LogP contribution is -2.07. The summed E-state index contributed by atoms with van der Waals surface area (Å²) in [6.45, 7) is 5.49. The summed E-state index contributed by atoms with van der Waals surface area (Å²) in [5.41, 5.74) is 0. The highest BCUT2D eigenvalue weighted by atomic mass is 33.1. The molecule has 1 rings (SSSR count). The number of carbonyl (C=O) groups is 1. The number of hydrogen-bond donors (Lipinski definition) is 0. The molecule has 0 aromatic carbocycles. The highest BCUT2D eigenvalue weighted by Crippen LogP contribution is 2.39. The molecule has 1 aliphatic heterocycles. The van der Waals surface area contributed by atoms with Crippen molar-refractivity contribution in [2.75, 3.05) is 5.75 Å². The van der Waals surface area contributed by atoms with Crippen LogP contribution in [0.1, 0.15) is 32.1 Å². The highest BCUT2D eigenvalue weighted by Gasteiger charge is 2.19. The fourth-order valence-electron chi connectivity index (χ4n) is 1.71. The summed E-state index contributed by atoms with van der Waals surface area (Å²) in [5.74, 6) is -5.29. The molecule has 1 aliphatic rings. The average Bonchev–Trinajstić information content (AvgIpc) is 2.93. The van der Waals surface area contributed by atoms with Crippen LogP contribution in [0.5, 0.6) is 0 Å². The molecule has 1 fully saturated rings. The van der Waals surface area contributed by atoms with Crippen molar-refractivity contribution in [2.45, 2.75) is 37.4 Å². The van der Waals surface area contributed by atoms with Crippen LogP contribution < -0.4 is 0 Å². The number of carbonyl (C=O) groups excluding carboxylic acids is 1. The lowest BCUT2D eigenvalue weighted by molar-refractivity contribution is -0.139. The Morgan fingerprint density at radius 2 is 1.90 bits per heavy atom. The molecule has 0 saturated carbocycles. The van der Waals surface area contributed by atoms with Crippen molar-refractivity contribution >= 4 is 27.6 Å². The number of rotatable bonds is 8. The van der Waals surface area contributed by atoms with Crippen molar-refractivity contribution in [1.29, 1.82) is 0 Å². The van der Waals surface area contributed by atoms with E-state index in [-0.39, 0.29) is 6.42 Å². The third-order valence-electron chi connectivity index (χ3n) is 2.78. The first-order chi connectivity index (χ1) is 9.91. The van der Waals surface area contributed by atoms with Gasteiger partial charge in [-0.3, -0.25) is 4.79 Å². The minimum atomic E-state index is -1.64. The molecular weight excluding hydrogens is 321 g/mol. The van der Waals surface area contributed by atoms with Gasteiger partial charge in [0.25, 0.3) is 0 Å². The van der Waals surface area contributed by atoms with Gasteiger partial charge >= 0.3 is 5.97 Å². The van der Waals surface area contributed by atoms with E-state index in [4.69, 9.17) is 0 Å². The molecule has 0 bridgehead atoms. The molecule has 7 heteroatoms. The van der Waals surface area contributed by atoms with Gasteiger partial charge in [0.1, 0.15) is 0 Å². The third-order valence-corrected chi connectivity index (χ3v) is 5.79. The van der Waals surface area contributed by atoms with Crippen LogP contribution in [0.4, 0.5) is 13.2 Å². The van der Waals surface area contributed by atoms with Crippen LogP contribution in [0.3, 0.4) is 0 Å². The number of unbranched alkanes of at least 4 members (excludes halogenated alkanes) is 1. The van der Waals surface area contributed by atoms with Crippen LogP contribution in [0, 0.1) is 0 Å². The van der Waals surface area contributed by atoms with Gasteiger partial charge in [-0.15, -0.1) is 0 Å². The Labute approximate surface area is 130 Å². The van der Waals surface area contributed by atoms with Crippen LogP contribution in [-0.4, -0.2) is 17.0 Å². The molecule has 0 radical (unpaired) electrons. The van der Waals surface area contributed by atoms with Crippen molar-refractivity contribution in [3.8, 4) is 0 Å². The fourth-order valence-corrected chi connectivity index (χ4v) is 4.74. The largest absolute Gasteiger partial charge is 0.420 e. The zero-order valence-corrected chi connectivity index (χ0v) is 13.1. The van der Waals surface area contributed by atoms with Crippen molar-refractivity contribution < 1.29 is 22.7 Å². The van der Waals surface area contributed by atoms with E-state index in [1.54, 1.807) is 0 Å². The van der Waals surface area contributed by atoms with Crippen molar-refractivity contribution in [2.24, 2.45) is 0 Å². The molecule has 1 heterocycles. The van der Waals surface area contributed by atoms with Crippen LogP contribution in [0.15, 0.2) is 36.4 Å². The summed E-state index contributed by atoms with van der Waals surface area (Å²) in [4.78, 5) is 11.5. The zero-order chi connectivity index (χ0) is 15.8. The van der Waals surface area contributed by atoms with Gasteiger partial charge in [-0.05, 0) is 19.3 Å². The number of halogens is 3. The zero-order valence-electron chi connectivity index (χ0n) is 11.5. The van der Waals surface area contributed by atoms with Gasteiger partial charge in [0.15, 0.2) is 11.7 Å². The summed E-state index contributed by atoms with van der Waals surface area (Å²) >= 11 is 0. The van der Waals surface area contributed by atoms with E-state index in [0.29, 0.717) is 11.7 Å². The Kier molecular flexibility index (Phi) is 8.03. The molecular formula is C14H17F3O2S2. The number of hydrogen-bond acceptors (Lipinski definition) is 4. The molecule has 0 aromatic rings. The van der Waals surface area contributed by atoms with Crippen LogP contribution in [-0.2, 0) is 9.53 Å². The van der Waals surface area contributed by atoms with Crippen LogP contribution >= 0.6 is 21.6 Å². The van der Waals surface area contributed by atoms with Gasteiger partial charge in [0, 0.05) is 17.4 Å². The van der Waals surface area contributed by atoms with E-state index in [2.05, 4.69) is 17.9 Å². The van der Waals surface area contributed by atoms with Gasteiger partial charge in [-0.2, -0.15) is 4.39 Å². The average molecular weight is 338 g/mol. The molecule has 118 valence electrons. The quantitative estimate of drug-likeness (QED) is 0.195. The SMILES string of the molecule is C=C(F)C(F)=C(OC(=O)CCCCC1CCSS1)C(=C)F. The fraction of sp³-hybridized carbons (Fsp3) is 0.500. The van der Waals surface area contributed by atoms with E-state index in [1.165, 1.54) is 0 Å². The second kappa shape index (κ2) is 9.25. The van der Waals surface area contributed by atoms with Crippen molar-refractivity contribution in [3.63, 3.8) is 0 Å². The second-order valence-corrected chi connectivity index (χ2v) is 7.29. The van der Waals surface area contributed by atoms with Crippen molar-refractivity contribution in [3.05, 3.63) is 36.4 Å². The van der Waals surface area contributed by atoms with E-state index >= 15 is 0 Å². The first-order valence-corrected chi connectivity index (χ1v) is 8.88. The molecule has 0 N–H and O–H groups in total. The second-order valence-electron chi connectivity index (χ2n) is 4.50. The molecule has 21 heavy (non-hydrogen) atoms. The molecule has 0 aromatic heterocycles. The number of allylic oxidation sites excluding steroid dienone is 3. The van der Waals surface area contributed by atoms with Gasteiger partial charge in [-0.1, -0.05) is 41.2 Å². The first kappa shape index (κ1) is 18.2. The third kappa shape index (κ3) is 6.65. The lowest BCUT2D eigenvalue weighted by Gasteiger charge is -2.08. The molecule has 1 atom stereocenters. The van der Waals surface area contributed by atoms with Gasteiger partial charge < -0.3 is 4.74 Å². The molecule has 1 saturated heterocycles. The number of esters is 1. The highest BCUT2D eigenvalue weighted by molar-refractivity contribution is 8.77. The molecule has 0 spiro atoms. The standard InChI is InChI=1S/C14H17F3O2S2/c1-9(15)13(17)14(10(2)16)19-12(18)6-4-3-5-11-7-8-20-21-11/h11H,1-8H2. The summed E-state index contributed by atoms with van der Waals surface area (Å²) in [6, 6.07) is 0. The molecule has 0 amide bonds. The normalized spacial score (nSPS) is 19.1. The van der Waals surface area contributed by atoms with Crippen molar-refractivity contribution in [1.82, 2.24) is 0 Å². The Balaban J connectivity index is 2.35. The Morgan fingerprint density at radius 3 is 2.43 bits per heavy atom. The number of ether oxygens (including phenoxy) is 1. The van der Waals surface area contributed by atoms with Gasteiger partial charge in [0.05, 0.1) is 0 Å². The summed E-state index contributed by atoms with van der Waals surface area (Å²) < 4.78 is 43.3. The summed E-state index contributed by atoms with van der Waals surface area (Å²) in [6.07, 6.45) is 3.58. The molecule has 0 aliphatic carbocycles. The van der Waals surface area contributed by atoms with Gasteiger partial charge in [0.2, 0.25) is 11.6 Å². The Bertz CT molecular complexity index is 444. The maximum absolute atomic E-state index is 13.2. The minimum absolute atomic E-state index is 0.0212. The van der Waals surface area contributed by atoms with E-state index in [9.17, 15) is 18.0 Å². The predicted molar refractivity (Wildman–Crippen MR) is 81.6 cm³/mol. The topological polar surface area (TPSA) is 26.3 Å². The smallest absolute Gasteiger partial charge is 0.311 e. The summed E-state index contributed by atoms with van der Waals surface area (Å²) in [5, 5.41) is 0.611. The van der Waals surface area contributed by atoms with Crippen LogP contribution in [0.25, 0.3) is 0 Å². The molecule has 2 nitrogen and oxygen atoms in total. The predicted octanol–water partition coefficient (Wildman–Crippen LogP) is 5.39. The molecule has 1 unspecified atom stereocenters. The maximum Gasteiger partial charge on any atom is 0.311 e. The monoisotopic (exact) mass is 338 g/mol.